The topological polar surface area (TPSA) is 35.0 Å². The molecule has 0 radical (unpaired) electrons. The third kappa shape index (κ3) is 2.57. The molecule has 0 aromatic carbocycles. The highest BCUT2D eigenvalue weighted by molar-refractivity contribution is 9.10. The normalized spacial score (nSPS) is 12.9. The molecule has 1 atom stereocenters. The van der Waals surface area contributed by atoms with Gasteiger partial charge in [0.2, 0.25) is 0 Å². The van der Waals surface area contributed by atoms with Gasteiger partial charge in [-0.15, -0.1) is 0 Å². The monoisotopic (exact) mass is 298 g/mol. The molecular formula is C8H9BrCl2N2O. The lowest BCUT2D eigenvalue weighted by Crippen LogP contribution is -2.06. The minimum Gasteiger partial charge on any atom is -0.373 e. The zero-order valence-corrected chi connectivity index (χ0v) is 10.8. The Bertz CT molecular complexity index is 308. The zero-order valence-electron chi connectivity index (χ0n) is 7.72. The van der Waals surface area contributed by atoms with Crippen LogP contribution in [0.25, 0.3) is 0 Å². The maximum absolute atomic E-state index is 5.84. The second-order valence-electron chi connectivity index (χ2n) is 2.61. The molecule has 78 valence electrons. The standard InChI is InChI=1S/C8H9BrCl2N2O/c1-3-4(14-2)8-12-6(10)5(9)7(11)13-8/h4H,3H2,1-2H3. The number of rotatable bonds is 3. The van der Waals surface area contributed by atoms with Gasteiger partial charge in [0.1, 0.15) is 16.4 Å². The van der Waals surface area contributed by atoms with Crippen LogP contribution in [-0.2, 0) is 4.74 Å². The number of methoxy groups -OCH3 is 1. The quantitative estimate of drug-likeness (QED) is 0.799. The number of halogens is 3. The van der Waals surface area contributed by atoms with E-state index in [9.17, 15) is 0 Å². The Labute approximate surface area is 101 Å². The molecule has 0 fully saturated rings. The molecule has 1 aromatic rings. The van der Waals surface area contributed by atoms with E-state index in [0.29, 0.717) is 20.6 Å². The molecule has 0 bridgehead atoms. The van der Waals surface area contributed by atoms with Crippen molar-refractivity contribution in [2.75, 3.05) is 7.11 Å². The first kappa shape index (κ1) is 12.2. The van der Waals surface area contributed by atoms with Crippen molar-refractivity contribution in [3.8, 4) is 0 Å². The summed E-state index contributed by atoms with van der Waals surface area (Å²) in [6.07, 6.45) is 0.600. The second-order valence-corrected chi connectivity index (χ2v) is 4.12. The lowest BCUT2D eigenvalue weighted by atomic mass is 10.2. The van der Waals surface area contributed by atoms with Gasteiger partial charge >= 0.3 is 0 Å². The third-order valence-electron chi connectivity index (χ3n) is 1.73. The fourth-order valence-corrected chi connectivity index (χ4v) is 1.59. The van der Waals surface area contributed by atoms with Crippen molar-refractivity contribution in [2.24, 2.45) is 0 Å². The molecule has 0 aliphatic rings. The van der Waals surface area contributed by atoms with E-state index in [2.05, 4.69) is 25.9 Å². The predicted octanol–water partition coefficient (Wildman–Crippen LogP) is 3.64. The first-order chi connectivity index (χ1) is 6.60. The minimum atomic E-state index is -0.168. The number of ether oxygens (including phenoxy) is 1. The first-order valence-electron chi connectivity index (χ1n) is 4.01. The average Bonchev–Trinajstić information content (AvgIpc) is 2.16. The Kier molecular flexibility index (Phi) is 4.57. The molecule has 0 aliphatic carbocycles. The fourth-order valence-electron chi connectivity index (χ4n) is 1.01. The second kappa shape index (κ2) is 5.26. The van der Waals surface area contributed by atoms with Crippen LogP contribution in [0.5, 0.6) is 0 Å². The number of hydrogen-bond acceptors (Lipinski definition) is 3. The smallest absolute Gasteiger partial charge is 0.160 e. The summed E-state index contributed by atoms with van der Waals surface area (Å²) in [5.41, 5.74) is 0. The van der Waals surface area contributed by atoms with Crippen LogP contribution < -0.4 is 0 Å². The maximum Gasteiger partial charge on any atom is 0.160 e. The van der Waals surface area contributed by atoms with Crippen LogP contribution in [0.15, 0.2) is 4.47 Å². The minimum absolute atomic E-state index is 0.168. The van der Waals surface area contributed by atoms with E-state index in [4.69, 9.17) is 27.9 Å². The van der Waals surface area contributed by atoms with E-state index in [0.717, 1.165) is 6.42 Å². The van der Waals surface area contributed by atoms with Crippen LogP contribution in [0.2, 0.25) is 10.3 Å². The van der Waals surface area contributed by atoms with E-state index in [-0.39, 0.29) is 6.10 Å². The zero-order chi connectivity index (χ0) is 10.7. The van der Waals surface area contributed by atoms with Crippen molar-refractivity contribution < 1.29 is 4.74 Å². The maximum atomic E-state index is 5.84. The summed E-state index contributed by atoms with van der Waals surface area (Å²) < 4.78 is 5.69. The summed E-state index contributed by atoms with van der Waals surface area (Å²) >= 11 is 14.9. The van der Waals surface area contributed by atoms with Crippen molar-refractivity contribution >= 4 is 39.1 Å². The lowest BCUT2D eigenvalue weighted by Gasteiger charge is -2.12. The van der Waals surface area contributed by atoms with E-state index < -0.39 is 0 Å². The first-order valence-corrected chi connectivity index (χ1v) is 5.56. The lowest BCUT2D eigenvalue weighted by molar-refractivity contribution is 0.0925. The molecule has 0 N–H and O–H groups in total. The molecule has 14 heavy (non-hydrogen) atoms. The van der Waals surface area contributed by atoms with Crippen molar-refractivity contribution in [1.29, 1.82) is 0 Å². The predicted molar refractivity (Wildman–Crippen MR) is 59.8 cm³/mol. The van der Waals surface area contributed by atoms with E-state index >= 15 is 0 Å². The number of nitrogens with zero attached hydrogens (tertiary/aromatic N) is 2. The van der Waals surface area contributed by atoms with Gasteiger partial charge in [-0.2, -0.15) is 0 Å². The largest absolute Gasteiger partial charge is 0.373 e. The van der Waals surface area contributed by atoms with Gasteiger partial charge in [0.05, 0.1) is 4.47 Å². The summed E-state index contributed by atoms with van der Waals surface area (Å²) in [6.45, 7) is 1.97. The Balaban J connectivity index is 3.11. The molecule has 0 saturated heterocycles. The van der Waals surface area contributed by atoms with E-state index in [1.165, 1.54) is 0 Å². The van der Waals surface area contributed by atoms with Gasteiger partial charge in [0.25, 0.3) is 0 Å². The van der Waals surface area contributed by atoms with Gasteiger partial charge in [-0.05, 0) is 22.4 Å². The Morgan fingerprint density at radius 1 is 1.36 bits per heavy atom. The van der Waals surface area contributed by atoms with Gasteiger partial charge in [0.15, 0.2) is 5.82 Å². The molecule has 0 amide bonds. The number of hydrogen-bond donors (Lipinski definition) is 0. The average molecular weight is 300 g/mol. The van der Waals surface area contributed by atoms with Crippen molar-refractivity contribution in [3.63, 3.8) is 0 Å². The van der Waals surface area contributed by atoms with Gasteiger partial charge < -0.3 is 4.74 Å². The van der Waals surface area contributed by atoms with E-state index in [1.807, 2.05) is 6.92 Å². The SMILES string of the molecule is CCC(OC)c1nc(Cl)c(Br)c(Cl)n1. The Morgan fingerprint density at radius 2 is 1.86 bits per heavy atom. The van der Waals surface area contributed by atoms with Crippen LogP contribution in [-0.4, -0.2) is 17.1 Å². The van der Waals surface area contributed by atoms with E-state index in [1.54, 1.807) is 7.11 Å². The summed E-state index contributed by atoms with van der Waals surface area (Å²) in [5.74, 6) is 0.508. The van der Waals surface area contributed by atoms with Gasteiger partial charge in [-0.25, -0.2) is 9.97 Å². The summed E-state index contributed by atoms with van der Waals surface area (Å²) in [7, 11) is 1.60. The molecule has 0 spiro atoms. The van der Waals surface area contributed by atoms with Gasteiger partial charge in [-0.1, -0.05) is 30.1 Å². The van der Waals surface area contributed by atoms with Crippen LogP contribution in [0.1, 0.15) is 25.3 Å². The Hall–Kier alpha value is 0.1000. The molecule has 6 heteroatoms. The highest BCUT2D eigenvalue weighted by Crippen LogP contribution is 2.29. The molecule has 1 unspecified atom stereocenters. The fraction of sp³-hybridized carbons (Fsp3) is 0.500. The number of aromatic nitrogens is 2. The van der Waals surface area contributed by atoms with Crippen LogP contribution in [0.4, 0.5) is 0 Å². The molecule has 1 aromatic heterocycles. The molecule has 0 saturated carbocycles. The summed E-state index contributed by atoms with van der Waals surface area (Å²) in [5, 5.41) is 0.603. The van der Waals surface area contributed by atoms with Crippen LogP contribution in [0.3, 0.4) is 0 Å². The van der Waals surface area contributed by atoms with Crippen LogP contribution >= 0.6 is 39.1 Å². The van der Waals surface area contributed by atoms with Crippen LogP contribution in [0, 0.1) is 0 Å². The van der Waals surface area contributed by atoms with Crippen molar-refractivity contribution in [2.45, 2.75) is 19.4 Å². The summed E-state index contributed by atoms with van der Waals surface area (Å²) in [6, 6.07) is 0. The molecule has 1 heterocycles. The third-order valence-corrected chi connectivity index (χ3v) is 3.49. The molecular weight excluding hydrogens is 291 g/mol. The molecule has 0 aliphatic heterocycles. The highest BCUT2D eigenvalue weighted by Gasteiger charge is 2.15. The molecule has 1 rings (SSSR count). The van der Waals surface area contributed by atoms with Crippen molar-refractivity contribution in [3.05, 3.63) is 20.6 Å². The highest BCUT2D eigenvalue weighted by atomic mass is 79.9. The molecule has 3 nitrogen and oxygen atoms in total. The van der Waals surface area contributed by atoms with Crippen molar-refractivity contribution in [1.82, 2.24) is 9.97 Å². The summed E-state index contributed by atoms with van der Waals surface area (Å²) in [4.78, 5) is 8.15. The van der Waals surface area contributed by atoms with Gasteiger partial charge in [-0.3, -0.25) is 0 Å². The Morgan fingerprint density at radius 3 is 2.21 bits per heavy atom. The van der Waals surface area contributed by atoms with Gasteiger partial charge in [0, 0.05) is 7.11 Å².